The van der Waals surface area contributed by atoms with E-state index in [4.69, 9.17) is 0 Å². The van der Waals surface area contributed by atoms with Crippen LogP contribution in [0.5, 0.6) is 0 Å². The van der Waals surface area contributed by atoms with Gasteiger partial charge in [-0.1, -0.05) is 0 Å². The Hall–Kier alpha value is -1.10. The zero-order valence-electron chi connectivity index (χ0n) is 8.20. The molecule has 82 valence electrons. The highest BCUT2D eigenvalue weighted by molar-refractivity contribution is 7.81. The smallest absolute Gasteiger partial charge is 0.232 e. The zero-order chi connectivity index (χ0) is 11.4. The van der Waals surface area contributed by atoms with Crippen LogP contribution in [0.2, 0.25) is 0 Å². The van der Waals surface area contributed by atoms with Crippen molar-refractivity contribution in [2.24, 2.45) is 0 Å². The molecule has 0 fully saturated rings. The summed E-state index contributed by atoms with van der Waals surface area (Å²) < 4.78 is 26.0. The number of hydrogen-bond donors (Lipinski definition) is 1. The molecule has 0 unspecified atom stereocenters. The second-order valence-electron chi connectivity index (χ2n) is 3.14. The number of benzene rings is 1. The fourth-order valence-electron chi connectivity index (χ4n) is 1.13. The summed E-state index contributed by atoms with van der Waals surface area (Å²) in [4.78, 5) is 12.4. The molecule has 1 amide bonds. The third-order valence-electron chi connectivity index (χ3n) is 1.98. The summed E-state index contributed by atoms with van der Waals surface area (Å²) in [6.07, 6.45) is 0. The van der Waals surface area contributed by atoms with E-state index in [1.165, 1.54) is 11.9 Å². The lowest BCUT2D eigenvalue weighted by atomic mass is 10.2. The van der Waals surface area contributed by atoms with Crippen molar-refractivity contribution < 1.29 is 13.6 Å². The normalized spacial score (nSPS) is 10.1. The molecule has 0 aliphatic heterocycles. The third kappa shape index (κ3) is 3.20. The molecule has 0 aliphatic carbocycles. The Bertz CT molecular complexity index is 370. The molecule has 0 atom stereocenters. The second-order valence-corrected chi connectivity index (χ2v) is 3.46. The molecule has 1 aromatic rings. The lowest BCUT2D eigenvalue weighted by Crippen LogP contribution is -2.27. The van der Waals surface area contributed by atoms with Crippen molar-refractivity contribution in [3.63, 3.8) is 0 Å². The number of rotatable bonds is 3. The van der Waals surface area contributed by atoms with E-state index in [2.05, 4.69) is 12.6 Å². The number of amides is 1. The quantitative estimate of drug-likeness (QED) is 0.787. The van der Waals surface area contributed by atoms with Crippen LogP contribution in [0.3, 0.4) is 0 Å². The lowest BCUT2D eigenvalue weighted by molar-refractivity contribution is -0.127. The molecule has 0 N–H and O–H groups in total. The van der Waals surface area contributed by atoms with E-state index >= 15 is 0 Å². The summed E-state index contributed by atoms with van der Waals surface area (Å²) in [7, 11) is 1.52. The molecule has 0 saturated carbocycles. The van der Waals surface area contributed by atoms with Gasteiger partial charge in [0.15, 0.2) is 0 Å². The summed E-state index contributed by atoms with van der Waals surface area (Å²) >= 11 is 3.81. The average molecular weight is 231 g/mol. The SMILES string of the molecule is CN(Cc1cc(F)ccc1F)C(=O)CS. The van der Waals surface area contributed by atoms with Gasteiger partial charge in [0.1, 0.15) is 11.6 Å². The molecule has 0 aliphatic rings. The Kier molecular flexibility index (Phi) is 4.08. The number of nitrogens with zero attached hydrogens (tertiary/aromatic N) is 1. The van der Waals surface area contributed by atoms with Gasteiger partial charge in [0.05, 0.1) is 5.75 Å². The van der Waals surface area contributed by atoms with Crippen LogP contribution in [0, 0.1) is 11.6 Å². The van der Waals surface area contributed by atoms with Gasteiger partial charge < -0.3 is 4.90 Å². The van der Waals surface area contributed by atoms with Gasteiger partial charge in [0, 0.05) is 19.2 Å². The number of carbonyl (C=O) groups is 1. The Morgan fingerprint density at radius 2 is 2.13 bits per heavy atom. The largest absolute Gasteiger partial charge is 0.341 e. The standard InChI is InChI=1S/C10H11F2NOS/c1-13(10(14)6-15)5-7-4-8(11)2-3-9(7)12/h2-4,15H,5-6H2,1H3. The average Bonchev–Trinajstić information content (AvgIpc) is 2.22. The van der Waals surface area contributed by atoms with E-state index < -0.39 is 11.6 Å². The highest BCUT2D eigenvalue weighted by atomic mass is 32.1. The molecule has 0 aromatic heterocycles. The van der Waals surface area contributed by atoms with Crippen LogP contribution in [0.25, 0.3) is 0 Å². The lowest BCUT2D eigenvalue weighted by Gasteiger charge is -2.16. The summed E-state index contributed by atoms with van der Waals surface area (Å²) in [6, 6.07) is 3.17. The molecule has 0 bridgehead atoms. The molecule has 5 heteroatoms. The maximum absolute atomic E-state index is 13.2. The number of hydrogen-bond acceptors (Lipinski definition) is 2. The molecule has 2 nitrogen and oxygen atoms in total. The second kappa shape index (κ2) is 5.11. The van der Waals surface area contributed by atoms with Gasteiger partial charge in [-0.2, -0.15) is 12.6 Å². The third-order valence-corrected chi connectivity index (χ3v) is 2.25. The number of carbonyl (C=O) groups excluding carboxylic acids is 1. The number of thiol groups is 1. The first kappa shape index (κ1) is 12.0. The van der Waals surface area contributed by atoms with Gasteiger partial charge in [-0.3, -0.25) is 4.79 Å². The van der Waals surface area contributed by atoms with E-state index in [9.17, 15) is 13.6 Å². The van der Waals surface area contributed by atoms with E-state index in [1.54, 1.807) is 0 Å². The van der Waals surface area contributed by atoms with Gasteiger partial charge in [-0.25, -0.2) is 8.78 Å². The van der Waals surface area contributed by atoms with Crippen LogP contribution < -0.4 is 0 Å². The minimum absolute atomic E-state index is 0.0446. The molecular weight excluding hydrogens is 220 g/mol. The Balaban J connectivity index is 2.80. The van der Waals surface area contributed by atoms with Crippen LogP contribution in [0.1, 0.15) is 5.56 Å². The molecule has 0 radical (unpaired) electrons. The molecule has 0 spiro atoms. The van der Waals surface area contributed by atoms with Gasteiger partial charge in [0.2, 0.25) is 5.91 Å². The molecule has 1 rings (SSSR count). The molecule has 0 heterocycles. The Morgan fingerprint density at radius 3 is 2.73 bits per heavy atom. The van der Waals surface area contributed by atoms with Gasteiger partial charge in [0.25, 0.3) is 0 Å². The maximum Gasteiger partial charge on any atom is 0.232 e. The van der Waals surface area contributed by atoms with Gasteiger partial charge in [-0.15, -0.1) is 0 Å². The van der Waals surface area contributed by atoms with E-state index in [0.29, 0.717) is 0 Å². The van der Waals surface area contributed by atoms with Crippen LogP contribution in [0.4, 0.5) is 8.78 Å². The highest BCUT2D eigenvalue weighted by Crippen LogP contribution is 2.11. The van der Waals surface area contributed by atoms with Crippen molar-refractivity contribution in [2.45, 2.75) is 6.54 Å². The maximum atomic E-state index is 13.2. The first-order chi connectivity index (χ1) is 7.04. The summed E-state index contributed by atoms with van der Waals surface area (Å²) in [6.45, 7) is 0.0446. The minimum Gasteiger partial charge on any atom is -0.341 e. The van der Waals surface area contributed by atoms with Crippen molar-refractivity contribution in [3.05, 3.63) is 35.4 Å². The monoisotopic (exact) mass is 231 g/mol. The summed E-state index contributed by atoms with van der Waals surface area (Å²) in [5.41, 5.74) is 0.160. The first-order valence-electron chi connectivity index (χ1n) is 4.33. The van der Waals surface area contributed by atoms with Crippen molar-refractivity contribution >= 4 is 18.5 Å². The van der Waals surface area contributed by atoms with E-state index in [0.717, 1.165) is 18.2 Å². The topological polar surface area (TPSA) is 20.3 Å². The highest BCUT2D eigenvalue weighted by Gasteiger charge is 2.10. The van der Waals surface area contributed by atoms with Crippen molar-refractivity contribution in [2.75, 3.05) is 12.8 Å². The summed E-state index contributed by atoms with van der Waals surface area (Å²) in [5.74, 6) is -1.22. The van der Waals surface area contributed by atoms with E-state index in [-0.39, 0.29) is 23.8 Å². The first-order valence-corrected chi connectivity index (χ1v) is 4.96. The fourth-order valence-corrected chi connectivity index (χ4v) is 1.37. The van der Waals surface area contributed by atoms with Gasteiger partial charge >= 0.3 is 0 Å². The van der Waals surface area contributed by atoms with Gasteiger partial charge in [-0.05, 0) is 18.2 Å². The zero-order valence-corrected chi connectivity index (χ0v) is 9.10. The summed E-state index contributed by atoms with van der Waals surface area (Å²) in [5, 5.41) is 0. The Labute approximate surface area is 92.3 Å². The van der Waals surface area contributed by atoms with Crippen LogP contribution in [-0.2, 0) is 11.3 Å². The van der Waals surface area contributed by atoms with E-state index in [1.807, 2.05) is 0 Å². The van der Waals surface area contributed by atoms with Crippen LogP contribution in [-0.4, -0.2) is 23.6 Å². The molecule has 0 saturated heterocycles. The minimum atomic E-state index is -0.518. The van der Waals surface area contributed by atoms with Crippen molar-refractivity contribution in [1.82, 2.24) is 4.90 Å². The Morgan fingerprint density at radius 1 is 1.47 bits per heavy atom. The fraction of sp³-hybridized carbons (Fsp3) is 0.300. The van der Waals surface area contributed by atoms with Crippen LogP contribution >= 0.6 is 12.6 Å². The van der Waals surface area contributed by atoms with Crippen molar-refractivity contribution in [3.8, 4) is 0 Å². The van der Waals surface area contributed by atoms with Crippen LogP contribution in [0.15, 0.2) is 18.2 Å². The predicted octanol–water partition coefficient (Wildman–Crippen LogP) is 1.85. The molecular formula is C10H11F2NOS. The number of halogens is 2. The van der Waals surface area contributed by atoms with Crippen molar-refractivity contribution in [1.29, 1.82) is 0 Å². The molecule has 15 heavy (non-hydrogen) atoms. The molecule has 1 aromatic carbocycles. The predicted molar refractivity (Wildman–Crippen MR) is 56.7 cm³/mol.